The van der Waals surface area contributed by atoms with Crippen molar-refractivity contribution >= 4 is 5.91 Å². The van der Waals surface area contributed by atoms with Crippen LogP contribution in [0.1, 0.15) is 11.1 Å². The fraction of sp³-hybridized carbons (Fsp3) is 0.368. The lowest BCUT2D eigenvalue weighted by molar-refractivity contribution is -0.135. The van der Waals surface area contributed by atoms with Crippen LogP contribution >= 0.6 is 0 Å². The topological polar surface area (TPSA) is 45.7 Å². The van der Waals surface area contributed by atoms with Gasteiger partial charge in [-0.15, -0.1) is 0 Å². The van der Waals surface area contributed by atoms with Crippen LogP contribution in [0.4, 0.5) is 4.39 Å². The first-order valence-corrected chi connectivity index (χ1v) is 8.39. The Hall–Kier alpha value is -2.47. The van der Waals surface area contributed by atoms with Crippen molar-refractivity contribution in [3.63, 3.8) is 0 Å². The van der Waals surface area contributed by atoms with E-state index in [2.05, 4.69) is 16.0 Å². The maximum absolute atomic E-state index is 12.9. The molecule has 0 spiro atoms. The van der Waals surface area contributed by atoms with Gasteiger partial charge in [-0.25, -0.2) is 4.39 Å². The zero-order valence-corrected chi connectivity index (χ0v) is 14.3. The summed E-state index contributed by atoms with van der Waals surface area (Å²) in [6.07, 6.45) is 3.74. The molecule has 2 aromatic rings. The van der Waals surface area contributed by atoms with Crippen molar-refractivity contribution in [2.45, 2.75) is 13.5 Å². The molecule has 5 nitrogen and oxygen atoms in total. The standard InChI is InChI=1S/C19H22FN3O2/c1-15-10-16(12-21-11-15)13-22-6-8-23(9-7-22)19(24)14-25-18-4-2-17(20)3-5-18/h2-5,10-12H,6-9,13-14H2,1H3. The number of hydrogen-bond acceptors (Lipinski definition) is 4. The van der Waals surface area contributed by atoms with Gasteiger partial charge in [-0.1, -0.05) is 6.07 Å². The molecule has 0 radical (unpaired) electrons. The Morgan fingerprint density at radius 3 is 2.56 bits per heavy atom. The third-order valence-electron chi connectivity index (χ3n) is 4.24. The van der Waals surface area contributed by atoms with Gasteiger partial charge >= 0.3 is 0 Å². The molecule has 0 aliphatic carbocycles. The molecule has 1 fully saturated rings. The van der Waals surface area contributed by atoms with Gasteiger partial charge in [0.2, 0.25) is 0 Å². The number of ether oxygens (including phenoxy) is 1. The van der Waals surface area contributed by atoms with E-state index in [1.165, 1.54) is 29.8 Å². The minimum Gasteiger partial charge on any atom is -0.484 e. The minimum atomic E-state index is -0.321. The van der Waals surface area contributed by atoms with Gasteiger partial charge in [0.05, 0.1) is 0 Å². The van der Waals surface area contributed by atoms with Crippen molar-refractivity contribution < 1.29 is 13.9 Å². The van der Waals surface area contributed by atoms with E-state index >= 15 is 0 Å². The number of hydrogen-bond donors (Lipinski definition) is 0. The fourth-order valence-corrected chi connectivity index (χ4v) is 2.88. The smallest absolute Gasteiger partial charge is 0.260 e. The number of pyridine rings is 1. The first kappa shape index (κ1) is 17.4. The quantitative estimate of drug-likeness (QED) is 0.835. The van der Waals surface area contributed by atoms with Crippen molar-refractivity contribution in [1.82, 2.24) is 14.8 Å². The molecule has 1 amide bonds. The van der Waals surface area contributed by atoms with Crippen LogP contribution in [0.15, 0.2) is 42.7 Å². The number of carbonyl (C=O) groups excluding carboxylic acids is 1. The van der Waals surface area contributed by atoms with Crippen LogP contribution in [-0.2, 0) is 11.3 Å². The predicted octanol–water partition coefficient (Wildman–Crippen LogP) is 2.25. The maximum Gasteiger partial charge on any atom is 0.260 e. The van der Waals surface area contributed by atoms with Gasteiger partial charge in [0, 0.05) is 45.1 Å². The molecular weight excluding hydrogens is 321 g/mol. The molecule has 0 unspecified atom stereocenters. The molecular formula is C19H22FN3O2. The lowest BCUT2D eigenvalue weighted by atomic mass is 10.2. The molecule has 0 atom stereocenters. The number of rotatable bonds is 5. The monoisotopic (exact) mass is 343 g/mol. The molecule has 0 N–H and O–H groups in total. The molecule has 0 saturated carbocycles. The lowest BCUT2D eigenvalue weighted by Gasteiger charge is -2.34. The van der Waals surface area contributed by atoms with Crippen LogP contribution in [0.2, 0.25) is 0 Å². The normalized spacial score (nSPS) is 15.2. The van der Waals surface area contributed by atoms with E-state index in [0.717, 1.165) is 25.2 Å². The first-order chi connectivity index (χ1) is 12.1. The highest BCUT2D eigenvalue weighted by Crippen LogP contribution is 2.12. The van der Waals surface area contributed by atoms with Gasteiger partial charge < -0.3 is 9.64 Å². The molecule has 1 saturated heterocycles. The van der Waals surface area contributed by atoms with Crippen LogP contribution in [0, 0.1) is 12.7 Å². The van der Waals surface area contributed by atoms with Gasteiger partial charge in [0.25, 0.3) is 5.91 Å². The molecule has 0 bridgehead atoms. The second-order valence-corrected chi connectivity index (χ2v) is 6.27. The minimum absolute atomic E-state index is 0.0204. The molecule has 1 aliphatic rings. The molecule has 25 heavy (non-hydrogen) atoms. The van der Waals surface area contributed by atoms with E-state index in [1.54, 1.807) is 0 Å². The van der Waals surface area contributed by atoms with Crippen LogP contribution < -0.4 is 4.74 Å². The average molecular weight is 343 g/mol. The Labute approximate surface area is 147 Å². The van der Waals surface area contributed by atoms with E-state index in [0.29, 0.717) is 18.8 Å². The Bertz CT molecular complexity index is 713. The number of benzene rings is 1. The summed E-state index contributed by atoms with van der Waals surface area (Å²) < 4.78 is 18.3. The van der Waals surface area contributed by atoms with Crippen LogP contribution in [0.5, 0.6) is 5.75 Å². The predicted molar refractivity (Wildman–Crippen MR) is 92.7 cm³/mol. The highest BCUT2D eigenvalue weighted by Gasteiger charge is 2.21. The van der Waals surface area contributed by atoms with E-state index in [1.807, 2.05) is 24.2 Å². The number of aryl methyl sites for hydroxylation is 1. The Kier molecular flexibility index (Phi) is 5.60. The molecule has 2 heterocycles. The van der Waals surface area contributed by atoms with E-state index in [9.17, 15) is 9.18 Å². The number of aromatic nitrogens is 1. The van der Waals surface area contributed by atoms with Gasteiger partial charge in [0.15, 0.2) is 6.61 Å². The lowest BCUT2D eigenvalue weighted by Crippen LogP contribution is -2.49. The third-order valence-corrected chi connectivity index (χ3v) is 4.24. The van der Waals surface area contributed by atoms with Crippen LogP contribution in [-0.4, -0.2) is 53.5 Å². The van der Waals surface area contributed by atoms with E-state index in [4.69, 9.17) is 4.74 Å². The van der Waals surface area contributed by atoms with Crippen molar-refractivity contribution in [1.29, 1.82) is 0 Å². The highest BCUT2D eigenvalue weighted by molar-refractivity contribution is 5.77. The third kappa shape index (κ3) is 5.00. The summed E-state index contributed by atoms with van der Waals surface area (Å²) in [6, 6.07) is 7.82. The van der Waals surface area contributed by atoms with Gasteiger partial charge in [-0.05, 0) is 42.3 Å². The van der Waals surface area contributed by atoms with Gasteiger partial charge in [-0.3, -0.25) is 14.7 Å². The van der Waals surface area contributed by atoms with Gasteiger partial charge in [-0.2, -0.15) is 0 Å². The molecule has 3 rings (SSSR count). The summed E-state index contributed by atoms with van der Waals surface area (Å²) in [5.41, 5.74) is 2.35. The average Bonchev–Trinajstić information content (AvgIpc) is 2.62. The number of nitrogens with zero attached hydrogens (tertiary/aromatic N) is 3. The van der Waals surface area contributed by atoms with Crippen molar-refractivity contribution in [3.8, 4) is 5.75 Å². The molecule has 132 valence electrons. The SMILES string of the molecule is Cc1cncc(CN2CCN(C(=O)COc3ccc(F)cc3)CC2)c1. The summed E-state index contributed by atoms with van der Waals surface area (Å²) in [6.45, 7) is 5.90. The zero-order chi connectivity index (χ0) is 17.6. The van der Waals surface area contributed by atoms with Crippen molar-refractivity contribution in [3.05, 3.63) is 59.7 Å². The number of carbonyl (C=O) groups is 1. The molecule has 1 aromatic carbocycles. The summed E-state index contributed by atoms with van der Waals surface area (Å²) in [7, 11) is 0. The maximum atomic E-state index is 12.9. The Morgan fingerprint density at radius 1 is 1.16 bits per heavy atom. The van der Waals surface area contributed by atoms with Crippen LogP contribution in [0.25, 0.3) is 0 Å². The second-order valence-electron chi connectivity index (χ2n) is 6.27. The van der Waals surface area contributed by atoms with Crippen molar-refractivity contribution in [2.24, 2.45) is 0 Å². The Morgan fingerprint density at radius 2 is 1.88 bits per heavy atom. The zero-order valence-electron chi connectivity index (χ0n) is 14.3. The summed E-state index contributed by atoms with van der Waals surface area (Å²) in [5.74, 6) is 0.139. The summed E-state index contributed by atoms with van der Waals surface area (Å²) >= 11 is 0. The molecule has 6 heteroatoms. The molecule has 1 aliphatic heterocycles. The fourth-order valence-electron chi connectivity index (χ4n) is 2.88. The van der Waals surface area contributed by atoms with Gasteiger partial charge in [0.1, 0.15) is 11.6 Å². The van der Waals surface area contributed by atoms with E-state index < -0.39 is 0 Å². The number of amides is 1. The van der Waals surface area contributed by atoms with Crippen molar-refractivity contribution in [2.75, 3.05) is 32.8 Å². The highest BCUT2D eigenvalue weighted by atomic mass is 19.1. The van der Waals surface area contributed by atoms with Crippen LogP contribution in [0.3, 0.4) is 0 Å². The first-order valence-electron chi connectivity index (χ1n) is 8.39. The number of halogens is 1. The summed E-state index contributed by atoms with van der Waals surface area (Å²) in [5, 5.41) is 0. The largest absolute Gasteiger partial charge is 0.484 e. The number of piperazine rings is 1. The van der Waals surface area contributed by atoms with E-state index in [-0.39, 0.29) is 18.3 Å². The Balaban J connectivity index is 1.43. The summed E-state index contributed by atoms with van der Waals surface area (Å²) in [4.78, 5) is 20.6. The molecule has 1 aromatic heterocycles. The second kappa shape index (κ2) is 8.07.